The third-order valence-corrected chi connectivity index (χ3v) is 4.82. The SMILES string of the molecule is CC(NC(=O)C1Cc2ccccc2S1)c1ccncc1. The zero-order chi connectivity index (χ0) is 13.9. The van der Waals surface area contributed by atoms with Gasteiger partial charge in [0.25, 0.3) is 0 Å². The Morgan fingerprint density at radius 3 is 2.80 bits per heavy atom. The molecule has 0 saturated heterocycles. The number of carbonyl (C=O) groups is 1. The summed E-state index contributed by atoms with van der Waals surface area (Å²) in [5, 5.41) is 3.07. The van der Waals surface area contributed by atoms with E-state index in [0.717, 1.165) is 12.0 Å². The Morgan fingerprint density at radius 1 is 1.30 bits per heavy atom. The maximum Gasteiger partial charge on any atom is 0.234 e. The zero-order valence-corrected chi connectivity index (χ0v) is 12.1. The summed E-state index contributed by atoms with van der Waals surface area (Å²) >= 11 is 1.66. The van der Waals surface area contributed by atoms with Gasteiger partial charge in [-0.3, -0.25) is 9.78 Å². The summed E-state index contributed by atoms with van der Waals surface area (Å²) in [4.78, 5) is 17.6. The predicted molar refractivity (Wildman–Crippen MR) is 80.6 cm³/mol. The van der Waals surface area contributed by atoms with Crippen molar-refractivity contribution in [3.8, 4) is 0 Å². The molecule has 0 radical (unpaired) electrons. The summed E-state index contributed by atoms with van der Waals surface area (Å²) in [5.41, 5.74) is 2.35. The van der Waals surface area contributed by atoms with E-state index in [1.807, 2.05) is 31.2 Å². The summed E-state index contributed by atoms with van der Waals surface area (Å²) in [6, 6.07) is 12.1. The Kier molecular flexibility index (Phi) is 3.74. The van der Waals surface area contributed by atoms with Crippen molar-refractivity contribution in [1.29, 1.82) is 0 Å². The van der Waals surface area contributed by atoms with Crippen LogP contribution in [0.5, 0.6) is 0 Å². The highest BCUT2D eigenvalue weighted by molar-refractivity contribution is 8.01. The lowest BCUT2D eigenvalue weighted by Gasteiger charge is -2.16. The van der Waals surface area contributed by atoms with Crippen LogP contribution >= 0.6 is 11.8 Å². The molecule has 0 fully saturated rings. The van der Waals surface area contributed by atoms with Crippen LogP contribution in [0.1, 0.15) is 24.1 Å². The Bertz CT molecular complexity index is 590. The van der Waals surface area contributed by atoms with Gasteiger partial charge in [0.05, 0.1) is 11.3 Å². The monoisotopic (exact) mass is 284 g/mol. The Balaban J connectivity index is 1.64. The van der Waals surface area contributed by atoms with Crippen molar-refractivity contribution < 1.29 is 4.79 Å². The zero-order valence-electron chi connectivity index (χ0n) is 11.2. The minimum Gasteiger partial charge on any atom is -0.349 e. The predicted octanol–water partition coefficient (Wildman–Crippen LogP) is 2.98. The first kappa shape index (κ1) is 13.2. The average molecular weight is 284 g/mol. The molecule has 0 bridgehead atoms. The molecular weight excluding hydrogens is 268 g/mol. The number of rotatable bonds is 3. The molecule has 1 N–H and O–H groups in total. The van der Waals surface area contributed by atoms with E-state index in [0.29, 0.717) is 0 Å². The maximum absolute atomic E-state index is 12.4. The first-order valence-corrected chi connectivity index (χ1v) is 7.57. The largest absolute Gasteiger partial charge is 0.349 e. The van der Waals surface area contributed by atoms with E-state index < -0.39 is 0 Å². The fourth-order valence-corrected chi connectivity index (χ4v) is 3.57. The van der Waals surface area contributed by atoms with Gasteiger partial charge in [0.15, 0.2) is 0 Å². The molecule has 2 unspecified atom stereocenters. The summed E-state index contributed by atoms with van der Waals surface area (Å²) in [6.45, 7) is 2.00. The van der Waals surface area contributed by atoms with Gasteiger partial charge in [-0.1, -0.05) is 18.2 Å². The molecule has 0 saturated carbocycles. The molecule has 3 rings (SSSR count). The number of aromatic nitrogens is 1. The van der Waals surface area contributed by atoms with Gasteiger partial charge in [-0.25, -0.2) is 0 Å². The van der Waals surface area contributed by atoms with Crippen LogP contribution in [-0.4, -0.2) is 16.1 Å². The van der Waals surface area contributed by atoms with Crippen molar-refractivity contribution in [2.24, 2.45) is 0 Å². The molecule has 2 aromatic rings. The van der Waals surface area contributed by atoms with E-state index in [9.17, 15) is 4.79 Å². The fourth-order valence-electron chi connectivity index (χ4n) is 2.37. The molecule has 0 spiro atoms. The van der Waals surface area contributed by atoms with Gasteiger partial charge in [-0.2, -0.15) is 0 Å². The molecule has 1 aromatic carbocycles. The maximum atomic E-state index is 12.4. The second kappa shape index (κ2) is 5.67. The number of carbonyl (C=O) groups excluding carboxylic acids is 1. The number of pyridine rings is 1. The molecular formula is C16H16N2OS. The highest BCUT2D eigenvalue weighted by atomic mass is 32.2. The van der Waals surface area contributed by atoms with Crippen molar-refractivity contribution in [2.75, 3.05) is 0 Å². The van der Waals surface area contributed by atoms with E-state index in [-0.39, 0.29) is 17.2 Å². The highest BCUT2D eigenvalue weighted by Gasteiger charge is 2.28. The molecule has 20 heavy (non-hydrogen) atoms. The molecule has 102 valence electrons. The topological polar surface area (TPSA) is 42.0 Å². The van der Waals surface area contributed by atoms with Crippen LogP contribution in [0.4, 0.5) is 0 Å². The van der Waals surface area contributed by atoms with Gasteiger partial charge in [0.2, 0.25) is 5.91 Å². The van der Waals surface area contributed by atoms with E-state index in [1.54, 1.807) is 24.2 Å². The first-order valence-electron chi connectivity index (χ1n) is 6.69. The lowest BCUT2D eigenvalue weighted by molar-refractivity contribution is -0.121. The Morgan fingerprint density at radius 2 is 2.05 bits per heavy atom. The molecule has 2 heterocycles. The van der Waals surface area contributed by atoms with E-state index in [4.69, 9.17) is 0 Å². The van der Waals surface area contributed by atoms with E-state index >= 15 is 0 Å². The fraction of sp³-hybridized carbons (Fsp3) is 0.250. The standard InChI is InChI=1S/C16H16N2OS/c1-11(12-6-8-17-9-7-12)18-16(19)15-10-13-4-2-3-5-14(13)20-15/h2-9,11,15H,10H2,1H3,(H,18,19). The molecule has 1 aliphatic rings. The van der Waals surface area contributed by atoms with Crippen LogP contribution in [-0.2, 0) is 11.2 Å². The van der Waals surface area contributed by atoms with Crippen LogP contribution in [0, 0.1) is 0 Å². The minimum atomic E-state index is -0.0170. The number of nitrogens with one attached hydrogen (secondary N) is 1. The number of hydrogen-bond acceptors (Lipinski definition) is 3. The number of amides is 1. The molecule has 0 aliphatic carbocycles. The van der Waals surface area contributed by atoms with Crippen molar-refractivity contribution in [1.82, 2.24) is 10.3 Å². The molecule has 4 heteroatoms. The Hall–Kier alpha value is -1.81. The first-order chi connectivity index (χ1) is 9.74. The van der Waals surface area contributed by atoms with Gasteiger partial charge >= 0.3 is 0 Å². The van der Waals surface area contributed by atoms with Gasteiger partial charge in [0, 0.05) is 17.3 Å². The number of thioether (sulfide) groups is 1. The lowest BCUT2D eigenvalue weighted by Crippen LogP contribution is -2.34. The molecule has 2 atom stereocenters. The van der Waals surface area contributed by atoms with Crippen molar-refractivity contribution in [3.05, 3.63) is 59.9 Å². The van der Waals surface area contributed by atoms with Crippen LogP contribution in [0.2, 0.25) is 0 Å². The molecule has 1 amide bonds. The summed E-state index contributed by atoms with van der Waals surface area (Å²) < 4.78 is 0. The second-order valence-electron chi connectivity index (χ2n) is 4.93. The lowest BCUT2D eigenvalue weighted by atomic mass is 10.1. The van der Waals surface area contributed by atoms with Crippen LogP contribution in [0.15, 0.2) is 53.7 Å². The summed E-state index contributed by atoms with van der Waals surface area (Å²) in [6.07, 6.45) is 4.31. The quantitative estimate of drug-likeness (QED) is 0.942. The van der Waals surface area contributed by atoms with E-state index in [1.165, 1.54) is 10.5 Å². The van der Waals surface area contributed by atoms with Crippen molar-refractivity contribution >= 4 is 17.7 Å². The smallest absolute Gasteiger partial charge is 0.234 e. The molecule has 1 aliphatic heterocycles. The number of benzene rings is 1. The highest BCUT2D eigenvalue weighted by Crippen LogP contribution is 2.37. The molecule has 3 nitrogen and oxygen atoms in total. The van der Waals surface area contributed by atoms with E-state index in [2.05, 4.69) is 22.4 Å². The second-order valence-corrected chi connectivity index (χ2v) is 6.17. The average Bonchev–Trinajstić information content (AvgIpc) is 2.92. The normalized spacial score (nSPS) is 18.4. The number of nitrogens with zero attached hydrogens (tertiary/aromatic N) is 1. The molecule has 1 aromatic heterocycles. The van der Waals surface area contributed by atoms with Gasteiger partial charge in [-0.05, 0) is 42.7 Å². The van der Waals surface area contributed by atoms with Crippen molar-refractivity contribution in [3.63, 3.8) is 0 Å². The minimum absolute atomic E-state index is 0.00909. The van der Waals surface area contributed by atoms with Gasteiger partial charge < -0.3 is 5.32 Å². The van der Waals surface area contributed by atoms with Crippen LogP contribution in [0.25, 0.3) is 0 Å². The summed E-state index contributed by atoms with van der Waals surface area (Å²) in [7, 11) is 0. The van der Waals surface area contributed by atoms with Crippen LogP contribution in [0.3, 0.4) is 0 Å². The van der Waals surface area contributed by atoms with Gasteiger partial charge in [-0.15, -0.1) is 11.8 Å². The van der Waals surface area contributed by atoms with Crippen LogP contribution < -0.4 is 5.32 Å². The summed E-state index contributed by atoms with van der Waals surface area (Å²) in [5.74, 6) is 0.107. The third-order valence-electron chi connectivity index (χ3n) is 3.50. The third kappa shape index (κ3) is 2.70. The Labute approximate surface area is 122 Å². The van der Waals surface area contributed by atoms with Crippen molar-refractivity contribution in [2.45, 2.75) is 29.5 Å². The number of hydrogen-bond donors (Lipinski definition) is 1. The number of fused-ring (bicyclic) bond motifs is 1. The van der Waals surface area contributed by atoms with Gasteiger partial charge in [0.1, 0.15) is 0 Å².